The summed E-state index contributed by atoms with van der Waals surface area (Å²) >= 11 is 0. The van der Waals surface area contributed by atoms with Crippen LogP contribution < -0.4 is 0 Å². The predicted molar refractivity (Wildman–Crippen MR) is 424 cm³/mol. The van der Waals surface area contributed by atoms with Gasteiger partial charge in [-0.15, -0.1) is 0 Å². The summed E-state index contributed by atoms with van der Waals surface area (Å²) in [6, 6.07) is 62.7. The second kappa shape index (κ2) is 44.5. The summed E-state index contributed by atoms with van der Waals surface area (Å²) < 4.78 is 36.5. The predicted octanol–water partition coefficient (Wildman–Crippen LogP) is 14.6. The Morgan fingerprint density at radius 1 is 0.342 bits per heavy atom. The zero-order valence-corrected chi connectivity index (χ0v) is 67.8. The Balaban J connectivity index is 0.000000260. The molecular weight excluding hydrogens is 1410 g/mol. The lowest BCUT2D eigenvalue weighted by Gasteiger charge is -2.53. The van der Waals surface area contributed by atoms with E-state index in [0.717, 1.165) is 44.9 Å². The summed E-state index contributed by atoms with van der Waals surface area (Å²) in [6.07, 6.45) is 1.66. The van der Waals surface area contributed by atoms with Crippen LogP contribution in [-0.2, 0) is 95.7 Å². The van der Waals surface area contributed by atoms with Crippen LogP contribution in [0.25, 0.3) is 0 Å². The Kier molecular flexibility index (Phi) is 36.6. The van der Waals surface area contributed by atoms with Crippen LogP contribution in [0.2, 0.25) is 0 Å². The molecule has 0 radical (unpaired) electrons. The maximum atomic E-state index is 12.6. The number of aliphatic hydroxyl groups excluding tert-OH is 3. The highest BCUT2D eigenvalue weighted by Gasteiger charge is 2.50. The lowest BCUT2D eigenvalue weighted by atomic mass is 9.80. The van der Waals surface area contributed by atoms with Crippen molar-refractivity contribution in [3.8, 4) is 0 Å². The fraction of sp³-hybridized carbons (Fsp3) is 0.522. The van der Waals surface area contributed by atoms with Crippen molar-refractivity contribution in [1.82, 2.24) is 10.1 Å². The Hall–Kier alpha value is -8.67. The molecule has 0 amide bonds. The summed E-state index contributed by atoms with van der Waals surface area (Å²) in [7, 11) is 0. The summed E-state index contributed by atoms with van der Waals surface area (Å²) in [5.41, 5.74) is 6.05. The third-order valence-electron chi connectivity index (χ3n) is 20.0. The first kappa shape index (κ1) is 91.2. The minimum atomic E-state index is -1.33. The van der Waals surface area contributed by atoms with Gasteiger partial charge in [0.05, 0.1) is 19.1 Å². The maximum Gasteiger partial charge on any atom is 0.347 e. The van der Waals surface area contributed by atoms with Gasteiger partial charge >= 0.3 is 41.8 Å². The fourth-order valence-electron chi connectivity index (χ4n) is 14.4. The lowest BCUT2D eigenvalue weighted by Crippen LogP contribution is -2.62. The maximum absolute atomic E-state index is 12.6. The molecular formula is C90H122N2O19. The molecule has 0 bridgehead atoms. The molecule has 6 aromatic rings. The van der Waals surface area contributed by atoms with E-state index >= 15 is 0 Å². The summed E-state index contributed by atoms with van der Waals surface area (Å²) in [6.45, 7) is 27.5. The molecule has 21 nitrogen and oxygen atoms in total. The molecule has 0 aromatic heterocycles. The van der Waals surface area contributed by atoms with Crippen molar-refractivity contribution in [3.63, 3.8) is 0 Å². The molecule has 3 N–H and O–H groups in total. The van der Waals surface area contributed by atoms with Crippen LogP contribution in [0.1, 0.15) is 213 Å². The number of ether oxygens (including phenoxy) is 7. The smallest absolute Gasteiger partial charge is 0.347 e. The summed E-state index contributed by atoms with van der Waals surface area (Å²) in [5.74, 6) is -4.46. The highest BCUT2D eigenvalue weighted by atomic mass is 16.7. The number of carbonyl (C=O) groups excluding carboxylic acids is 7. The number of hydroxylamine groups is 4. The van der Waals surface area contributed by atoms with Crippen molar-refractivity contribution in [2.75, 3.05) is 26.4 Å². The van der Waals surface area contributed by atoms with Crippen LogP contribution in [0.5, 0.6) is 0 Å². The molecule has 0 aliphatic carbocycles. The van der Waals surface area contributed by atoms with E-state index in [0.29, 0.717) is 51.2 Å². The second-order valence-corrected chi connectivity index (χ2v) is 31.8. The van der Waals surface area contributed by atoms with Crippen LogP contribution >= 0.6 is 0 Å². The van der Waals surface area contributed by atoms with Gasteiger partial charge in [-0.2, -0.15) is 10.1 Å². The summed E-state index contributed by atoms with van der Waals surface area (Å²) in [5, 5.41) is 32.0. The summed E-state index contributed by atoms with van der Waals surface area (Å²) in [4.78, 5) is 97.3. The average molecular weight is 1540 g/mol. The average Bonchev–Trinajstić information content (AvgIpc) is 0.773. The second-order valence-electron chi connectivity index (χ2n) is 31.8. The number of hydrogen-bond acceptors (Lipinski definition) is 21. The quantitative estimate of drug-likeness (QED) is 0.0187. The van der Waals surface area contributed by atoms with Crippen molar-refractivity contribution < 1.29 is 91.7 Å². The fourth-order valence-corrected chi connectivity index (χ4v) is 14.4. The molecule has 0 spiro atoms. The topological polar surface area (TPSA) is 270 Å². The molecule has 606 valence electrons. The van der Waals surface area contributed by atoms with Crippen LogP contribution in [-0.4, -0.2) is 165 Å². The molecule has 2 saturated heterocycles. The highest BCUT2D eigenvalue weighted by Crippen LogP contribution is 2.43. The first-order valence-corrected chi connectivity index (χ1v) is 39.1. The standard InChI is InChI=1S/2C31H43NO6.C28H36O7/c2*1-22(33)28(34)37-23(2)29(35)38-27-19-30(3,4)32(31(5,6)20-27)36-21-26(25-15-11-8-12-16-25)18-17-24-13-9-7-10-14-24;1-20(26(30)33-18-19-34-28(32)22(3)35-27(31)21(2)29)14-16-25(24-12-8-5-9-13-24)17-15-23-10-6-4-7-11-23/h2*7-16,22-23,26-27,33H,17-21H2,1-6H3;4-13,20-22,25,29H,14-19H2,1-3H3/t22-,23-,26?;;20?,21-,22-,25?/m0.0/s1. The van der Waals surface area contributed by atoms with Gasteiger partial charge in [-0.05, 0) is 188 Å². The lowest BCUT2D eigenvalue weighted by molar-refractivity contribution is -0.295. The van der Waals surface area contributed by atoms with Gasteiger partial charge in [0.1, 0.15) is 43.7 Å². The Morgan fingerprint density at radius 3 is 0.901 bits per heavy atom. The van der Waals surface area contributed by atoms with Crippen molar-refractivity contribution in [1.29, 1.82) is 0 Å². The van der Waals surface area contributed by atoms with Crippen molar-refractivity contribution in [3.05, 3.63) is 215 Å². The zero-order chi connectivity index (χ0) is 81.5. The Morgan fingerprint density at radius 2 is 0.604 bits per heavy atom. The van der Waals surface area contributed by atoms with E-state index in [2.05, 4.69) is 187 Å². The van der Waals surface area contributed by atoms with E-state index in [1.807, 2.05) is 67.6 Å². The molecule has 2 fully saturated rings. The molecule has 10 atom stereocenters. The zero-order valence-electron chi connectivity index (χ0n) is 67.8. The number of nitrogens with zero attached hydrogens (tertiary/aromatic N) is 2. The largest absolute Gasteiger partial charge is 0.462 e. The minimum absolute atomic E-state index is 0.0812. The number of benzene rings is 6. The third-order valence-corrected chi connectivity index (χ3v) is 20.0. The van der Waals surface area contributed by atoms with Crippen molar-refractivity contribution in [2.45, 2.75) is 270 Å². The molecule has 21 heteroatoms. The number of hydrogen-bond donors (Lipinski definition) is 3. The SMILES string of the molecule is CC(CCC(CCc1ccccc1)c1ccccc1)C(=O)OCCOC(=O)[C@H](C)OC(=O)[C@H](C)O.CC(O)C(=O)OC(C)C(=O)OC1CC(C)(C)N(OCC(CCc2ccccc2)c2ccccc2)C(C)(C)C1.C[C@H](O)C(=O)O[C@@H](C)C(=O)OC1CC(C)(C)N(OCC(CCc2ccccc2)c2ccccc2)C(C)(C)C1. The van der Waals surface area contributed by atoms with Gasteiger partial charge in [-0.3, -0.25) is 14.5 Å². The number of carbonyl (C=O) groups is 7. The van der Waals surface area contributed by atoms with Gasteiger partial charge in [-0.1, -0.05) is 189 Å². The Bertz CT molecular complexity index is 3560. The van der Waals surface area contributed by atoms with Gasteiger partial charge in [0.15, 0.2) is 18.3 Å². The van der Waals surface area contributed by atoms with Gasteiger partial charge in [0.2, 0.25) is 0 Å². The van der Waals surface area contributed by atoms with E-state index in [1.54, 1.807) is 0 Å². The molecule has 2 aliphatic heterocycles. The number of rotatable bonds is 36. The van der Waals surface area contributed by atoms with Crippen LogP contribution in [0.3, 0.4) is 0 Å². The molecule has 8 rings (SSSR count). The number of esters is 7. The molecule has 2 aliphatic rings. The normalized spacial score (nSPS) is 18.0. The highest BCUT2D eigenvalue weighted by molar-refractivity contribution is 5.82. The number of aliphatic hydroxyl groups is 3. The van der Waals surface area contributed by atoms with Crippen molar-refractivity contribution in [2.24, 2.45) is 5.92 Å². The monoisotopic (exact) mass is 1530 g/mol. The molecule has 0 saturated carbocycles. The minimum Gasteiger partial charge on any atom is -0.462 e. The van der Waals surface area contributed by atoms with Gasteiger partial charge in [-0.25, -0.2) is 28.8 Å². The molecule has 2 heterocycles. The van der Waals surface area contributed by atoms with E-state index in [-0.39, 0.29) is 49.1 Å². The van der Waals surface area contributed by atoms with Crippen LogP contribution in [0.15, 0.2) is 182 Å². The number of aryl methyl sites for hydroxylation is 3. The third kappa shape index (κ3) is 30.7. The number of piperidine rings is 2. The van der Waals surface area contributed by atoms with E-state index < -0.39 is 94.6 Å². The van der Waals surface area contributed by atoms with E-state index in [1.165, 1.54) is 74.9 Å². The van der Waals surface area contributed by atoms with Crippen LogP contribution in [0, 0.1) is 5.92 Å². The van der Waals surface area contributed by atoms with Gasteiger partial charge in [0, 0.05) is 59.7 Å². The molecule has 111 heavy (non-hydrogen) atoms. The first-order chi connectivity index (χ1) is 52.5. The van der Waals surface area contributed by atoms with E-state index in [9.17, 15) is 43.8 Å². The van der Waals surface area contributed by atoms with Gasteiger partial charge in [0.25, 0.3) is 0 Å². The van der Waals surface area contributed by atoms with Crippen LogP contribution in [0.4, 0.5) is 0 Å². The molecule has 6 unspecified atom stereocenters. The van der Waals surface area contributed by atoms with E-state index in [4.69, 9.17) is 47.9 Å². The van der Waals surface area contributed by atoms with Crippen molar-refractivity contribution >= 4 is 41.8 Å². The molecule has 6 aromatic carbocycles. The Labute approximate surface area is 657 Å². The first-order valence-electron chi connectivity index (χ1n) is 39.1. The van der Waals surface area contributed by atoms with Gasteiger partial charge < -0.3 is 48.5 Å².